The van der Waals surface area contributed by atoms with Crippen LogP contribution in [0, 0.1) is 13.8 Å². The SMILES string of the molecule is Cc1ccc(C)c(CNCCCC(N)=O)c1. The molecule has 3 nitrogen and oxygen atoms in total. The molecule has 1 amide bonds. The first-order chi connectivity index (χ1) is 7.59. The van der Waals surface area contributed by atoms with E-state index in [-0.39, 0.29) is 5.91 Å². The van der Waals surface area contributed by atoms with Crippen LogP contribution in [0.25, 0.3) is 0 Å². The predicted molar refractivity (Wildman–Crippen MR) is 66.1 cm³/mol. The van der Waals surface area contributed by atoms with Gasteiger partial charge in [-0.3, -0.25) is 4.79 Å². The Labute approximate surface area is 97.0 Å². The summed E-state index contributed by atoms with van der Waals surface area (Å²) in [6.45, 7) is 5.89. The number of rotatable bonds is 6. The molecule has 3 N–H and O–H groups in total. The van der Waals surface area contributed by atoms with Gasteiger partial charge in [0.1, 0.15) is 0 Å². The van der Waals surface area contributed by atoms with Crippen molar-refractivity contribution in [1.29, 1.82) is 0 Å². The molecule has 0 aromatic heterocycles. The first-order valence-corrected chi connectivity index (χ1v) is 5.65. The molecule has 0 fully saturated rings. The monoisotopic (exact) mass is 220 g/mol. The number of primary amides is 1. The highest BCUT2D eigenvalue weighted by Crippen LogP contribution is 2.10. The lowest BCUT2D eigenvalue weighted by Gasteiger charge is -2.08. The number of benzene rings is 1. The van der Waals surface area contributed by atoms with Gasteiger partial charge in [0.05, 0.1) is 0 Å². The molecule has 16 heavy (non-hydrogen) atoms. The quantitative estimate of drug-likeness (QED) is 0.716. The fourth-order valence-electron chi connectivity index (χ4n) is 1.60. The molecule has 0 saturated heterocycles. The number of hydrogen-bond acceptors (Lipinski definition) is 2. The molecular weight excluding hydrogens is 200 g/mol. The van der Waals surface area contributed by atoms with Crippen molar-refractivity contribution in [2.45, 2.75) is 33.2 Å². The minimum Gasteiger partial charge on any atom is -0.370 e. The maximum absolute atomic E-state index is 10.5. The molecule has 0 aliphatic carbocycles. The second kappa shape index (κ2) is 6.28. The van der Waals surface area contributed by atoms with Crippen LogP contribution in [0.5, 0.6) is 0 Å². The summed E-state index contributed by atoms with van der Waals surface area (Å²) >= 11 is 0. The Balaban J connectivity index is 2.31. The zero-order valence-corrected chi connectivity index (χ0v) is 10.0. The van der Waals surface area contributed by atoms with Crippen molar-refractivity contribution < 1.29 is 4.79 Å². The largest absolute Gasteiger partial charge is 0.370 e. The van der Waals surface area contributed by atoms with E-state index in [9.17, 15) is 4.79 Å². The highest BCUT2D eigenvalue weighted by molar-refractivity contribution is 5.73. The Morgan fingerprint density at radius 2 is 2.12 bits per heavy atom. The molecule has 0 saturated carbocycles. The summed E-state index contributed by atoms with van der Waals surface area (Å²) in [7, 11) is 0. The van der Waals surface area contributed by atoms with E-state index in [1.54, 1.807) is 0 Å². The Kier molecular flexibility index (Phi) is 4.99. The fraction of sp³-hybridized carbons (Fsp3) is 0.462. The molecule has 0 aliphatic rings. The van der Waals surface area contributed by atoms with Gasteiger partial charge in [0, 0.05) is 13.0 Å². The molecule has 0 aliphatic heterocycles. The van der Waals surface area contributed by atoms with Gasteiger partial charge in [-0.15, -0.1) is 0 Å². The molecule has 3 heteroatoms. The normalized spacial score (nSPS) is 10.4. The van der Waals surface area contributed by atoms with Crippen molar-refractivity contribution in [3.8, 4) is 0 Å². The molecule has 88 valence electrons. The van der Waals surface area contributed by atoms with Gasteiger partial charge in [-0.1, -0.05) is 23.8 Å². The van der Waals surface area contributed by atoms with Crippen molar-refractivity contribution in [3.05, 3.63) is 34.9 Å². The number of carbonyl (C=O) groups is 1. The maximum Gasteiger partial charge on any atom is 0.217 e. The summed E-state index contributed by atoms with van der Waals surface area (Å²) in [6, 6.07) is 6.44. The molecule has 0 bridgehead atoms. The number of nitrogens with two attached hydrogens (primary N) is 1. The van der Waals surface area contributed by atoms with E-state index >= 15 is 0 Å². The lowest BCUT2D eigenvalue weighted by molar-refractivity contribution is -0.118. The van der Waals surface area contributed by atoms with Crippen LogP contribution in [-0.4, -0.2) is 12.5 Å². The maximum atomic E-state index is 10.5. The third kappa shape index (κ3) is 4.45. The summed E-state index contributed by atoms with van der Waals surface area (Å²) < 4.78 is 0. The van der Waals surface area contributed by atoms with Gasteiger partial charge in [0.15, 0.2) is 0 Å². The molecule has 1 aromatic rings. The molecule has 0 radical (unpaired) electrons. The highest BCUT2D eigenvalue weighted by atomic mass is 16.1. The summed E-state index contributed by atoms with van der Waals surface area (Å²) in [5.41, 5.74) is 8.96. The van der Waals surface area contributed by atoms with Gasteiger partial charge in [-0.05, 0) is 37.9 Å². The van der Waals surface area contributed by atoms with E-state index in [0.29, 0.717) is 6.42 Å². The zero-order valence-electron chi connectivity index (χ0n) is 10.0. The van der Waals surface area contributed by atoms with Gasteiger partial charge < -0.3 is 11.1 Å². The van der Waals surface area contributed by atoms with E-state index in [0.717, 1.165) is 19.5 Å². The van der Waals surface area contributed by atoms with Gasteiger partial charge >= 0.3 is 0 Å². The predicted octanol–water partition coefficient (Wildman–Crippen LogP) is 1.66. The average molecular weight is 220 g/mol. The average Bonchev–Trinajstić information content (AvgIpc) is 2.22. The van der Waals surface area contributed by atoms with Crippen molar-refractivity contribution in [2.24, 2.45) is 5.73 Å². The smallest absolute Gasteiger partial charge is 0.217 e. The van der Waals surface area contributed by atoms with E-state index in [2.05, 4.69) is 37.4 Å². The van der Waals surface area contributed by atoms with E-state index in [1.807, 2.05) is 0 Å². The third-order valence-electron chi connectivity index (χ3n) is 2.60. The molecule has 0 unspecified atom stereocenters. The Hall–Kier alpha value is -1.35. The number of carbonyl (C=O) groups excluding carboxylic acids is 1. The first-order valence-electron chi connectivity index (χ1n) is 5.65. The zero-order chi connectivity index (χ0) is 12.0. The summed E-state index contributed by atoms with van der Waals surface area (Å²) in [6.07, 6.45) is 1.26. The lowest BCUT2D eigenvalue weighted by atomic mass is 10.1. The van der Waals surface area contributed by atoms with Crippen molar-refractivity contribution in [2.75, 3.05) is 6.54 Å². The van der Waals surface area contributed by atoms with Gasteiger partial charge in [0.2, 0.25) is 5.91 Å². The fourth-order valence-corrected chi connectivity index (χ4v) is 1.60. The molecule has 0 heterocycles. The van der Waals surface area contributed by atoms with Crippen LogP contribution >= 0.6 is 0 Å². The number of hydrogen-bond donors (Lipinski definition) is 2. The van der Waals surface area contributed by atoms with Crippen LogP contribution in [0.2, 0.25) is 0 Å². The van der Waals surface area contributed by atoms with Crippen LogP contribution in [0.15, 0.2) is 18.2 Å². The first kappa shape index (κ1) is 12.7. The second-order valence-electron chi connectivity index (χ2n) is 4.18. The molecule has 0 spiro atoms. The Morgan fingerprint density at radius 3 is 2.81 bits per heavy atom. The molecule has 1 aromatic carbocycles. The van der Waals surface area contributed by atoms with Gasteiger partial charge in [-0.2, -0.15) is 0 Å². The highest BCUT2D eigenvalue weighted by Gasteiger charge is 1.98. The van der Waals surface area contributed by atoms with Crippen LogP contribution in [0.1, 0.15) is 29.5 Å². The number of aryl methyl sites for hydroxylation is 2. The minimum atomic E-state index is -0.228. The van der Waals surface area contributed by atoms with Crippen molar-refractivity contribution in [3.63, 3.8) is 0 Å². The summed E-state index contributed by atoms with van der Waals surface area (Å²) in [5.74, 6) is -0.228. The van der Waals surface area contributed by atoms with E-state index in [4.69, 9.17) is 5.73 Å². The molecular formula is C13H20N2O. The van der Waals surface area contributed by atoms with Crippen molar-refractivity contribution >= 4 is 5.91 Å². The van der Waals surface area contributed by atoms with Gasteiger partial charge in [-0.25, -0.2) is 0 Å². The summed E-state index contributed by atoms with van der Waals surface area (Å²) in [4.78, 5) is 10.5. The third-order valence-corrected chi connectivity index (χ3v) is 2.60. The Bertz CT molecular complexity index is 361. The van der Waals surface area contributed by atoms with Crippen LogP contribution < -0.4 is 11.1 Å². The van der Waals surface area contributed by atoms with E-state index < -0.39 is 0 Å². The molecule has 0 atom stereocenters. The summed E-state index contributed by atoms with van der Waals surface area (Å²) in [5, 5.41) is 3.32. The Morgan fingerprint density at radius 1 is 1.38 bits per heavy atom. The lowest BCUT2D eigenvalue weighted by Crippen LogP contribution is -2.18. The van der Waals surface area contributed by atoms with Gasteiger partial charge in [0.25, 0.3) is 0 Å². The molecule has 1 rings (SSSR count). The van der Waals surface area contributed by atoms with Crippen LogP contribution in [0.4, 0.5) is 0 Å². The number of amides is 1. The van der Waals surface area contributed by atoms with Crippen LogP contribution in [-0.2, 0) is 11.3 Å². The number of nitrogens with one attached hydrogen (secondary N) is 1. The van der Waals surface area contributed by atoms with Crippen LogP contribution in [0.3, 0.4) is 0 Å². The van der Waals surface area contributed by atoms with Crippen molar-refractivity contribution in [1.82, 2.24) is 5.32 Å². The van der Waals surface area contributed by atoms with E-state index in [1.165, 1.54) is 16.7 Å². The second-order valence-corrected chi connectivity index (χ2v) is 4.18. The topological polar surface area (TPSA) is 55.1 Å². The minimum absolute atomic E-state index is 0.228. The standard InChI is InChI=1S/C13H20N2O/c1-10-5-6-11(2)12(8-10)9-15-7-3-4-13(14)16/h5-6,8,15H,3-4,7,9H2,1-2H3,(H2,14,16).